The van der Waals surface area contributed by atoms with E-state index in [0.717, 1.165) is 12.8 Å². The second-order valence-electron chi connectivity index (χ2n) is 6.86. The van der Waals surface area contributed by atoms with Gasteiger partial charge in [-0.1, -0.05) is 11.6 Å². The van der Waals surface area contributed by atoms with Crippen LogP contribution in [-0.2, 0) is 0 Å². The van der Waals surface area contributed by atoms with Gasteiger partial charge >= 0.3 is 6.03 Å². The highest BCUT2D eigenvalue weighted by Crippen LogP contribution is 2.35. The Morgan fingerprint density at radius 3 is 2.58 bits per heavy atom. The lowest BCUT2D eigenvalue weighted by Crippen LogP contribution is -2.30. The highest BCUT2D eigenvalue weighted by molar-refractivity contribution is 6.33. The summed E-state index contributed by atoms with van der Waals surface area (Å²) >= 11 is 6.30. The highest BCUT2D eigenvalue weighted by atomic mass is 35.5. The maximum Gasteiger partial charge on any atom is 0.319 e. The Morgan fingerprint density at radius 1 is 1.16 bits per heavy atom. The number of benzene rings is 2. The zero-order valence-corrected chi connectivity index (χ0v) is 17.3. The van der Waals surface area contributed by atoms with Crippen LogP contribution in [0.1, 0.15) is 23.2 Å². The predicted octanol–water partition coefficient (Wildman–Crippen LogP) is 3.25. The molecule has 0 aliphatic heterocycles. The Kier molecular flexibility index (Phi) is 6.47. The standard InChI is InChI=1S/C21H19ClN4O4.H2O/c1-29-19-10-17-13(9-14(19)20(23)27)18(6-7-24-17)30-12-4-5-16(15(22)8-12)26-21(28)25-11-2-3-11;/h4-11H,2-3H2,1H3,(H2,23,27)(H2,25,26,28);1H2. The molecule has 1 fully saturated rings. The van der Waals surface area contributed by atoms with E-state index in [4.69, 9.17) is 26.8 Å². The number of methoxy groups -OCH3 is 1. The third-order valence-electron chi connectivity index (χ3n) is 4.62. The minimum Gasteiger partial charge on any atom is -0.496 e. The monoisotopic (exact) mass is 444 g/mol. The molecule has 4 rings (SSSR count). The topological polar surface area (TPSA) is 147 Å². The Balaban J connectivity index is 0.00000272. The summed E-state index contributed by atoms with van der Waals surface area (Å²) in [4.78, 5) is 28.0. The van der Waals surface area contributed by atoms with E-state index < -0.39 is 5.91 Å². The molecule has 0 saturated heterocycles. The number of rotatable bonds is 6. The van der Waals surface area contributed by atoms with Gasteiger partial charge in [-0.2, -0.15) is 0 Å². The number of carbonyl (C=O) groups excluding carboxylic acids is 2. The van der Waals surface area contributed by atoms with E-state index in [9.17, 15) is 9.59 Å². The zero-order valence-electron chi connectivity index (χ0n) is 16.6. The van der Waals surface area contributed by atoms with Gasteiger partial charge < -0.3 is 31.3 Å². The van der Waals surface area contributed by atoms with Crippen molar-refractivity contribution in [3.05, 3.63) is 53.2 Å². The summed E-state index contributed by atoms with van der Waals surface area (Å²) in [6.45, 7) is 0. The number of ether oxygens (including phenoxy) is 2. The molecule has 6 N–H and O–H groups in total. The van der Waals surface area contributed by atoms with Crippen molar-refractivity contribution in [2.45, 2.75) is 18.9 Å². The lowest BCUT2D eigenvalue weighted by atomic mass is 10.1. The average Bonchev–Trinajstić information content (AvgIpc) is 3.53. The van der Waals surface area contributed by atoms with Crippen molar-refractivity contribution in [1.82, 2.24) is 10.3 Å². The highest BCUT2D eigenvalue weighted by Gasteiger charge is 2.23. The van der Waals surface area contributed by atoms with Crippen molar-refractivity contribution in [2.75, 3.05) is 12.4 Å². The number of amides is 3. The Hall–Kier alpha value is -3.56. The molecule has 1 saturated carbocycles. The molecule has 1 aliphatic rings. The van der Waals surface area contributed by atoms with E-state index in [2.05, 4.69) is 15.6 Å². The predicted molar refractivity (Wildman–Crippen MR) is 117 cm³/mol. The average molecular weight is 445 g/mol. The molecule has 9 nitrogen and oxygen atoms in total. The number of primary amides is 1. The number of hydrogen-bond donors (Lipinski definition) is 3. The van der Waals surface area contributed by atoms with Gasteiger partial charge in [0.15, 0.2) is 0 Å². The molecule has 0 bridgehead atoms. The van der Waals surface area contributed by atoms with E-state index in [0.29, 0.717) is 38.9 Å². The summed E-state index contributed by atoms with van der Waals surface area (Å²) < 4.78 is 11.2. The third-order valence-corrected chi connectivity index (χ3v) is 4.93. The lowest BCUT2D eigenvalue weighted by molar-refractivity contribution is 0.0997. The fourth-order valence-corrected chi connectivity index (χ4v) is 3.18. The first-order valence-corrected chi connectivity index (χ1v) is 9.64. The second kappa shape index (κ2) is 9.07. The normalized spacial score (nSPS) is 12.6. The molecule has 0 atom stereocenters. The molecule has 0 radical (unpaired) electrons. The molecule has 1 aliphatic carbocycles. The fraction of sp³-hybridized carbons (Fsp3) is 0.190. The first-order chi connectivity index (χ1) is 14.4. The van der Waals surface area contributed by atoms with Crippen LogP contribution in [0.4, 0.5) is 10.5 Å². The fourth-order valence-electron chi connectivity index (χ4n) is 2.96. The number of hydrogen-bond acceptors (Lipinski definition) is 5. The Labute approximate surface area is 182 Å². The number of nitrogens with zero attached hydrogens (tertiary/aromatic N) is 1. The lowest BCUT2D eigenvalue weighted by Gasteiger charge is -2.13. The number of nitrogens with one attached hydrogen (secondary N) is 2. The van der Waals surface area contributed by atoms with E-state index in [-0.39, 0.29) is 23.1 Å². The molecule has 1 aromatic heterocycles. The molecule has 10 heteroatoms. The molecule has 3 aromatic rings. The van der Waals surface area contributed by atoms with Crippen LogP contribution >= 0.6 is 11.6 Å². The van der Waals surface area contributed by atoms with Crippen LogP contribution in [0.5, 0.6) is 17.2 Å². The van der Waals surface area contributed by atoms with Crippen LogP contribution in [-0.4, -0.2) is 35.6 Å². The maximum atomic E-state index is 11.9. The quantitative estimate of drug-likeness (QED) is 0.533. The van der Waals surface area contributed by atoms with E-state index in [1.54, 1.807) is 42.6 Å². The van der Waals surface area contributed by atoms with E-state index in [1.165, 1.54) is 7.11 Å². The molecule has 162 valence electrons. The molecule has 0 spiro atoms. The van der Waals surface area contributed by atoms with Crippen molar-refractivity contribution in [3.8, 4) is 17.2 Å². The van der Waals surface area contributed by atoms with Crippen LogP contribution in [0.3, 0.4) is 0 Å². The third kappa shape index (κ3) is 4.96. The second-order valence-corrected chi connectivity index (χ2v) is 7.27. The summed E-state index contributed by atoms with van der Waals surface area (Å²) in [6.07, 6.45) is 3.58. The van der Waals surface area contributed by atoms with E-state index >= 15 is 0 Å². The van der Waals surface area contributed by atoms with Gasteiger partial charge in [-0.05, 0) is 37.1 Å². The first kappa shape index (κ1) is 22.1. The SMILES string of the molecule is COc1cc2nccc(Oc3ccc(NC(=O)NC4CC4)c(Cl)c3)c2cc1C(N)=O.O. The van der Waals surface area contributed by atoms with Gasteiger partial charge in [-0.25, -0.2) is 4.79 Å². The van der Waals surface area contributed by atoms with Crippen LogP contribution in [0, 0.1) is 0 Å². The van der Waals surface area contributed by atoms with Crippen molar-refractivity contribution >= 4 is 40.1 Å². The van der Waals surface area contributed by atoms with Crippen molar-refractivity contribution in [1.29, 1.82) is 0 Å². The van der Waals surface area contributed by atoms with Crippen LogP contribution in [0.15, 0.2) is 42.6 Å². The maximum absolute atomic E-state index is 11.9. The zero-order chi connectivity index (χ0) is 21.3. The van der Waals surface area contributed by atoms with Crippen LogP contribution < -0.4 is 25.8 Å². The van der Waals surface area contributed by atoms with Crippen LogP contribution in [0.25, 0.3) is 10.9 Å². The van der Waals surface area contributed by atoms with Crippen molar-refractivity contribution in [3.63, 3.8) is 0 Å². The van der Waals surface area contributed by atoms with Crippen molar-refractivity contribution < 1.29 is 24.5 Å². The number of fused-ring (bicyclic) bond motifs is 1. The van der Waals surface area contributed by atoms with Gasteiger partial charge in [0, 0.05) is 29.8 Å². The molecule has 3 amide bonds. The van der Waals surface area contributed by atoms with Gasteiger partial charge in [-0.3, -0.25) is 9.78 Å². The molecule has 2 aromatic carbocycles. The number of anilines is 1. The Bertz CT molecular complexity index is 1150. The number of aromatic nitrogens is 1. The van der Waals surface area contributed by atoms with Gasteiger partial charge in [0.1, 0.15) is 17.2 Å². The van der Waals surface area contributed by atoms with Gasteiger partial charge in [0.25, 0.3) is 5.91 Å². The first-order valence-electron chi connectivity index (χ1n) is 9.26. The number of pyridine rings is 1. The smallest absolute Gasteiger partial charge is 0.319 e. The minimum absolute atomic E-state index is 0. The summed E-state index contributed by atoms with van der Waals surface area (Å²) in [5, 5.41) is 6.48. The summed E-state index contributed by atoms with van der Waals surface area (Å²) in [6, 6.07) is 9.77. The number of urea groups is 1. The number of carbonyl (C=O) groups is 2. The number of nitrogens with two attached hydrogens (primary N) is 1. The van der Waals surface area contributed by atoms with E-state index in [1.807, 2.05) is 0 Å². The van der Waals surface area contributed by atoms with Crippen LogP contribution in [0.2, 0.25) is 5.02 Å². The summed E-state index contributed by atoms with van der Waals surface area (Å²) in [7, 11) is 1.45. The Morgan fingerprint density at radius 2 is 1.94 bits per heavy atom. The van der Waals surface area contributed by atoms with Gasteiger partial charge in [0.05, 0.1) is 28.9 Å². The van der Waals surface area contributed by atoms with Crippen molar-refractivity contribution in [2.24, 2.45) is 5.73 Å². The molecular weight excluding hydrogens is 424 g/mol. The molecule has 0 unspecified atom stereocenters. The minimum atomic E-state index is -0.619. The molecule has 1 heterocycles. The summed E-state index contributed by atoms with van der Waals surface area (Å²) in [5.41, 5.74) is 6.73. The largest absolute Gasteiger partial charge is 0.496 e. The molecular formula is C21H21ClN4O5. The summed E-state index contributed by atoms with van der Waals surface area (Å²) in [5.74, 6) is 0.639. The van der Waals surface area contributed by atoms with Gasteiger partial charge in [0.2, 0.25) is 0 Å². The number of halogens is 1. The van der Waals surface area contributed by atoms with Gasteiger partial charge in [-0.15, -0.1) is 0 Å². The molecule has 31 heavy (non-hydrogen) atoms.